The molecule has 0 radical (unpaired) electrons. The predicted octanol–water partition coefficient (Wildman–Crippen LogP) is 4.92. The van der Waals surface area contributed by atoms with Gasteiger partial charge in [-0.3, -0.25) is 4.79 Å². The van der Waals surface area contributed by atoms with Crippen LogP contribution in [0.5, 0.6) is 11.5 Å². The summed E-state index contributed by atoms with van der Waals surface area (Å²) in [6, 6.07) is 6.41. The second-order valence-corrected chi connectivity index (χ2v) is 10.5. The van der Waals surface area contributed by atoms with Crippen LogP contribution in [0.1, 0.15) is 29.2 Å². The standard InChI is InChI=1S/C25H25F6N3O3S/c1-15-11-32-7-8-34(15)23-33-22(35)14-38(23)13-16-3-6-20(21(9-16)36-2)37-12-17-4-5-18(24(26,27)28)10-19(17)25(29,30)31/h3-6,9-10,13,15,32H,7-8,11-12,14H2,1-2H3. The summed E-state index contributed by atoms with van der Waals surface area (Å²) in [4.78, 5) is 18.5. The first-order valence-corrected chi connectivity index (χ1v) is 13.0. The Hall–Kier alpha value is -3.06. The first kappa shape index (κ1) is 28.0. The first-order chi connectivity index (χ1) is 17.9. The second kappa shape index (κ2) is 11.0. The van der Waals surface area contributed by atoms with Gasteiger partial charge in [0.05, 0.1) is 24.0 Å². The van der Waals surface area contributed by atoms with E-state index in [0.29, 0.717) is 11.6 Å². The maximum atomic E-state index is 13.5. The lowest BCUT2D eigenvalue weighted by Gasteiger charge is -2.35. The number of carbonyl (C=O) groups is 1. The Bertz CT molecular complexity index is 1280. The minimum absolute atomic E-state index is 0.0796. The van der Waals surface area contributed by atoms with E-state index in [4.69, 9.17) is 9.47 Å². The van der Waals surface area contributed by atoms with Gasteiger partial charge in [-0.1, -0.05) is 12.1 Å². The Morgan fingerprint density at radius 2 is 1.87 bits per heavy atom. The number of nitrogens with zero attached hydrogens (tertiary/aromatic N) is 2. The highest BCUT2D eigenvalue weighted by molar-refractivity contribution is 8.28. The molecule has 2 aromatic rings. The molecule has 2 aliphatic heterocycles. The van der Waals surface area contributed by atoms with Crippen molar-refractivity contribution in [3.05, 3.63) is 58.7 Å². The van der Waals surface area contributed by atoms with Gasteiger partial charge in [-0.15, -0.1) is 10.5 Å². The quantitative estimate of drug-likeness (QED) is 0.415. The number of hydrogen-bond donors (Lipinski definition) is 1. The second-order valence-electron chi connectivity index (χ2n) is 8.79. The molecule has 0 saturated carbocycles. The van der Waals surface area contributed by atoms with Crippen LogP contribution in [0.3, 0.4) is 0 Å². The number of methoxy groups -OCH3 is 1. The van der Waals surface area contributed by atoms with E-state index < -0.39 is 46.1 Å². The fraction of sp³-hybridized carbons (Fsp3) is 0.400. The number of ether oxygens (including phenoxy) is 2. The summed E-state index contributed by atoms with van der Waals surface area (Å²) >= 11 is 0. The maximum Gasteiger partial charge on any atom is 0.416 e. The molecule has 1 amide bonds. The van der Waals surface area contributed by atoms with Crippen molar-refractivity contribution in [1.82, 2.24) is 10.2 Å². The number of hydrogen-bond acceptors (Lipinski definition) is 5. The van der Waals surface area contributed by atoms with Gasteiger partial charge in [0.25, 0.3) is 5.91 Å². The monoisotopic (exact) mass is 561 g/mol. The third-order valence-corrected chi connectivity index (χ3v) is 7.98. The molecule has 2 aliphatic rings. The lowest BCUT2D eigenvalue weighted by atomic mass is 10.0. The number of amides is 1. The van der Waals surface area contributed by atoms with E-state index in [0.717, 1.165) is 30.9 Å². The van der Waals surface area contributed by atoms with Crippen LogP contribution in [0.2, 0.25) is 0 Å². The zero-order valence-electron chi connectivity index (χ0n) is 20.4. The molecule has 0 bridgehead atoms. The Kier molecular flexibility index (Phi) is 8.07. The van der Waals surface area contributed by atoms with Crippen LogP contribution < -0.4 is 14.8 Å². The molecule has 2 unspecified atom stereocenters. The van der Waals surface area contributed by atoms with E-state index >= 15 is 0 Å². The Balaban J connectivity index is 1.56. The Morgan fingerprint density at radius 1 is 1.11 bits per heavy atom. The minimum Gasteiger partial charge on any atom is -0.493 e. The molecular formula is C25H25F6N3O3S. The summed E-state index contributed by atoms with van der Waals surface area (Å²) in [6.45, 7) is 3.71. The highest BCUT2D eigenvalue weighted by Gasteiger charge is 2.38. The number of aliphatic imine (C=N–C) groups is 1. The van der Waals surface area contributed by atoms with Crippen molar-refractivity contribution >= 4 is 26.9 Å². The fourth-order valence-electron chi connectivity index (χ4n) is 4.17. The zero-order valence-corrected chi connectivity index (χ0v) is 21.3. The number of piperazine rings is 1. The molecule has 6 nitrogen and oxygen atoms in total. The molecule has 1 fully saturated rings. The molecule has 206 valence electrons. The number of halogens is 6. The van der Waals surface area contributed by atoms with Crippen LogP contribution in [0.4, 0.5) is 26.3 Å². The van der Waals surface area contributed by atoms with Gasteiger partial charge >= 0.3 is 12.4 Å². The molecule has 4 rings (SSSR count). The lowest BCUT2D eigenvalue weighted by Crippen LogP contribution is -2.51. The minimum atomic E-state index is -5.00. The van der Waals surface area contributed by atoms with Crippen molar-refractivity contribution in [3.8, 4) is 11.5 Å². The number of amidine groups is 1. The molecule has 2 aromatic carbocycles. The summed E-state index contributed by atoms with van der Waals surface area (Å²) in [5.74, 6) is 0.394. The van der Waals surface area contributed by atoms with Crippen molar-refractivity contribution in [2.75, 3.05) is 32.5 Å². The fourth-order valence-corrected chi connectivity index (χ4v) is 6.08. The molecule has 2 heterocycles. The van der Waals surface area contributed by atoms with Gasteiger partial charge in [0.2, 0.25) is 0 Å². The zero-order chi connectivity index (χ0) is 27.7. The summed E-state index contributed by atoms with van der Waals surface area (Å²) in [5, 5.41) is 5.93. The molecule has 38 heavy (non-hydrogen) atoms. The van der Waals surface area contributed by atoms with E-state index in [1.165, 1.54) is 13.2 Å². The highest BCUT2D eigenvalue weighted by Crippen LogP contribution is 2.38. The molecule has 0 aromatic heterocycles. The van der Waals surface area contributed by atoms with Crippen molar-refractivity contribution in [1.29, 1.82) is 0 Å². The number of rotatable bonds is 5. The van der Waals surface area contributed by atoms with Crippen LogP contribution >= 0.6 is 10.5 Å². The van der Waals surface area contributed by atoms with Gasteiger partial charge in [0.15, 0.2) is 16.7 Å². The van der Waals surface area contributed by atoms with Crippen molar-refractivity contribution < 1.29 is 40.6 Å². The molecule has 0 aliphatic carbocycles. The van der Waals surface area contributed by atoms with E-state index in [1.807, 2.05) is 5.37 Å². The van der Waals surface area contributed by atoms with Crippen LogP contribution in [0.15, 0.2) is 41.4 Å². The topological polar surface area (TPSA) is 63.2 Å². The van der Waals surface area contributed by atoms with Crippen molar-refractivity contribution in [2.24, 2.45) is 4.99 Å². The number of benzene rings is 2. The molecule has 1 saturated heterocycles. The van der Waals surface area contributed by atoms with Crippen molar-refractivity contribution in [2.45, 2.75) is 31.9 Å². The van der Waals surface area contributed by atoms with Gasteiger partial charge in [-0.05, 0) is 42.1 Å². The average Bonchev–Trinajstić information content (AvgIpc) is 3.21. The van der Waals surface area contributed by atoms with Crippen LogP contribution in [-0.2, 0) is 23.8 Å². The first-order valence-electron chi connectivity index (χ1n) is 11.6. The van der Waals surface area contributed by atoms with Gasteiger partial charge < -0.3 is 19.7 Å². The number of carbonyl (C=O) groups excluding carboxylic acids is 1. The molecule has 13 heteroatoms. The average molecular weight is 562 g/mol. The third-order valence-electron chi connectivity index (χ3n) is 6.07. The smallest absolute Gasteiger partial charge is 0.416 e. The highest BCUT2D eigenvalue weighted by atomic mass is 32.2. The van der Waals surface area contributed by atoms with Crippen LogP contribution in [0, 0.1) is 0 Å². The molecule has 0 spiro atoms. The van der Waals surface area contributed by atoms with E-state index in [1.54, 1.807) is 12.1 Å². The van der Waals surface area contributed by atoms with Gasteiger partial charge in [0.1, 0.15) is 6.61 Å². The maximum absolute atomic E-state index is 13.5. The van der Waals surface area contributed by atoms with E-state index in [-0.39, 0.29) is 35.3 Å². The van der Waals surface area contributed by atoms with Crippen LogP contribution in [0.25, 0.3) is 0 Å². The van der Waals surface area contributed by atoms with Crippen LogP contribution in [-0.4, -0.2) is 59.9 Å². The normalized spacial score (nSPS) is 20.6. The summed E-state index contributed by atoms with van der Waals surface area (Å²) in [6.07, 6.45) is -9.91. The summed E-state index contributed by atoms with van der Waals surface area (Å²) < 4.78 is 90.1. The van der Waals surface area contributed by atoms with Gasteiger partial charge in [-0.2, -0.15) is 31.3 Å². The number of nitrogens with one attached hydrogen (secondary N) is 1. The predicted molar refractivity (Wildman–Crippen MR) is 133 cm³/mol. The molecule has 1 N–H and O–H groups in total. The Morgan fingerprint density at radius 3 is 2.53 bits per heavy atom. The lowest BCUT2D eigenvalue weighted by molar-refractivity contribution is -0.143. The van der Waals surface area contributed by atoms with Gasteiger partial charge in [-0.25, -0.2) is 0 Å². The molecular weight excluding hydrogens is 536 g/mol. The third kappa shape index (κ3) is 6.32. The summed E-state index contributed by atoms with van der Waals surface area (Å²) in [7, 11) is 0.786. The van der Waals surface area contributed by atoms with E-state index in [2.05, 4.69) is 22.1 Å². The SMILES string of the molecule is COc1cc(C=S2CC(=O)N=C2N2CCNCC2C)ccc1OCc1ccc(C(F)(F)F)cc1C(F)(F)F. The van der Waals surface area contributed by atoms with Gasteiger partial charge in [0, 0.05) is 31.2 Å². The van der Waals surface area contributed by atoms with E-state index in [9.17, 15) is 31.1 Å². The number of alkyl halides is 6. The largest absolute Gasteiger partial charge is 0.493 e. The molecule has 2 atom stereocenters. The Labute approximate surface area is 217 Å². The van der Waals surface area contributed by atoms with Crippen molar-refractivity contribution in [3.63, 3.8) is 0 Å². The summed E-state index contributed by atoms with van der Waals surface area (Å²) in [5.41, 5.74) is -2.55.